The average molecular weight is 195 g/mol. The molecule has 1 aromatic rings. The molecule has 0 amide bonds. The first-order chi connectivity index (χ1) is 6.65. The van der Waals surface area contributed by atoms with Gasteiger partial charge in [-0.05, 0) is 19.9 Å². The number of hydrogen-bond acceptors (Lipinski definition) is 4. The van der Waals surface area contributed by atoms with E-state index in [1.54, 1.807) is 12.3 Å². The van der Waals surface area contributed by atoms with Crippen LogP contribution in [0.1, 0.15) is 13.8 Å². The second-order valence-electron chi connectivity index (χ2n) is 3.46. The molecule has 0 spiro atoms. The molecule has 0 aliphatic carbocycles. The van der Waals surface area contributed by atoms with Gasteiger partial charge in [0, 0.05) is 30.5 Å². The van der Waals surface area contributed by atoms with Gasteiger partial charge in [-0.25, -0.2) is 4.98 Å². The molecule has 1 aromatic heterocycles. The van der Waals surface area contributed by atoms with E-state index in [-0.39, 0.29) is 6.61 Å². The standard InChI is InChI=1S/C10H17N3O/c1-8(2)13(5-6-14)10-7-9(11)3-4-12-10/h3-4,7-8,14H,5-6H2,1-2H3,(H2,11,12). The summed E-state index contributed by atoms with van der Waals surface area (Å²) in [5, 5.41) is 8.92. The highest BCUT2D eigenvalue weighted by molar-refractivity contribution is 5.50. The molecule has 0 unspecified atom stereocenters. The van der Waals surface area contributed by atoms with Crippen molar-refractivity contribution < 1.29 is 5.11 Å². The van der Waals surface area contributed by atoms with Gasteiger partial charge in [-0.1, -0.05) is 0 Å². The summed E-state index contributed by atoms with van der Waals surface area (Å²) >= 11 is 0. The Balaban J connectivity index is 2.87. The van der Waals surface area contributed by atoms with Crippen molar-refractivity contribution in [1.82, 2.24) is 4.98 Å². The molecule has 0 atom stereocenters. The fraction of sp³-hybridized carbons (Fsp3) is 0.500. The smallest absolute Gasteiger partial charge is 0.130 e. The Morgan fingerprint density at radius 2 is 2.29 bits per heavy atom. The van der Waals surface area contributed by atoms with Crippen molar-refractivity contribution in [2.75, 3.05) is 23.8 Å². The molecule has 0 bridgehead atoms. The maximum atomic E-state index is 8.92. The number of pyridine rings is 1. The minimum Gasteiger partial charge on any atom is -0.399 e. The topological polar surface area (TPSA) is 62.4 Å². The van der Waals surface area contributed by atoms with E-state index in [9.17, 15) is 0 Å². The predicted octanol–water partition coefficient (Wildman–Crippen LogP) is 0.871. The Morgan fingerprint density at radius 1 is 1.57 bits per heavy atom. The molecule has 78 valence electrons. The first-order valence-corrected chi connectivity index (χ1v) is 4.74. The number of nitrogen functional groups attached to an aromatic ring is 1. The number of hydrogen-bond donors (Lipinski definition) is 2. The van der Waals surface area contributed by atoms with E-state index in [1.807, 2.05) is 11.0 Å². The van der Waals surface area contributed by atoms with Crippen molar-refractivity contribution in [3.8, 4) is 0 Å². The van der Waals surface area contributed by atoms with E-state index in [4.69, 9.17) is 10.8 Å². The Morgan fingerprint density at radius 3 is 2.79 bits per heavy atom. The SMILES string of the molecule is CC(C)N(CCO)c1cc(N)ccn1. The third kappa shape index (κ3) is 2.60. The summed E-state index contributed by atoms with van der Waals surface area (Å²) in [7, 11) is 0. The molecular weight excluding hydrogens is 178 g/mol. The van der Waals surface area contributed by atoms with Crippen molar-refractivity contribution in [1.29, 1.82) is 0 Å². The summed E-state index contributed by atoms with van der Waals surface area (Å²) in [6.45, 7) is 4.81. The van der Waals surface area contributed by atoms with Crippen LogP contribution < -0.4 is 10.6 Å². The second-order valence-corrected chi connectivity index (χ2v) is 3.46. The lowest BCUT2D eigenvalue weighted by Gasteiger charge is -2.27. The molecule has 14 heavy (non-hydrogen) atoms. The zero-order chi connectivity index (χ0) is 10.6. The normalized spacial score (nSPS) is 10.6. The molecule has 0 saturated heterocycles. The molecule has 1 rings (SSSR count). The van der Waals surface area contributed by atoms with Crippen molar-refractivity contribution in [2.24, 2.45) is 0 Å². The summed E-state index contributed by atoms with van der Waals surface area (Å²) in [4.78, 5) is 6.22. The molecule has 0 aliphatic heterocycles. The maximum Gasteiger partial charge on any atom is 0.130 e. The van der Waals surface area contributed by atoms with Gasteiger partial charge in [-0.3, -0.25) is 0 Å². The van der Waals surface area contributed by atoms with Gasteiger partial charge in [-0.15, -0.1) is 0 Å². The van der Waals surface area contributed by atoms with E-state index in [1.165, 1.54) is 0 Å². The quantitative estimate of drug-likeness (QED) is 0.748. The highest BCUT2D eigenvalue weighted by Crippen LogP contribution is 2.15. The van der Waals surface area contributed by atoms with Gasteiger partial charge in [0.2, 0.25) is 0 Å². The fourth-order valence-corrected chi connectivity index (χ4v) is 1.34. The van der Waals surface area contributed by atoms with Gasteiger partial charge >= 0.3 is 0 Å². The zero-order valence-corrected chi connectivity index (χ0v) is 8.64. The lowest BCUT2D eigenvalue weighted by atomic mass is 10.3. The molecule has 0 aliphatic rings. The van der Waals surface area contributed by atoms with Crippen molar-refractivity contribution in [3.05, 3.63) is 18.3 Å². The first-order valence-electron chi connectivity index (χ1n) is 4.74. The van der Waals surface area contributed by atoms with Crippen LogP contribution in [0, 0.1) is 0 Å². The predicted molar refractivity (Wildman–Crippen MR) is 58.2 cm³/mol. The Bertz CT molecular complexity index is 288. The maximum absolute atomic E-state index is 8.92. The highest BCUT2D eigenvalue weighted by Gasteiger charge is 2.10. The lowest BCUT2D eigenvalue weighted by Crippen LogP contribution is -2.34. The van der Waals surface area contributed by atoms with Gasteiger partial charge in [0.25, 0.3) is 0 Å². The van der Waals surface area contributed by atoms with E-state index in [2.05, 4.69) is 18.8 Å². The Kier molecular flexibility index (Phi) is 3.71. The fourth-order valence-electron chi connectivity index (χ4n) is 1.34. The number of aromatic nitrogens is 1. The van der Waals surface area contributed by atoms with Crippen LogP contribution in [0.25, 0.3) is 0 Å². The average Bonchev–Trinajstić information content (AvgIpc) is 2.13. The van der Waals surface area contributed by atoms with Crippen molar-refractivity contribution in [2.45, 2.75) is 19.9 Å². The van der Waals surface area contributed by atoms with Crippen LogP contribution in [-0.4, -0.2) is 29.3 Å². The summed E-state index contributed by atoms with van der Waals surface area (Å²) in [5.74, 6) is 0.814. The summed E-state index contributed by atoms with van der Waals surface area (Å²) in [6, 6.07) is 3.87. The summed E-state index contributed by atoms with van der Waals surface area (Å²) in [5.41, 5.74) is 6.36. The van der Waals surface area contributed by atoms with Crippen molar-refractivity contribution >= 4 is 11.5 Å². The van der Waals surface area contributed by atoms with Gasteiger partial charge in [0.1, 0.15) is 5.82 Å². The minimum absolute atomic E-state index is 0.120. The Hall–Kier alpha value is -1.29. The highest BCUT2D eigenvalue weighted by atomic mass is 16.3. The van der Waals surface area contributed by atoms with Crippen LogP contribution in [0.4, 0.5) is 11.5 Å². The van der Waals surface area contributed by atoms with E-state index >= 15 is 0 Å². The number of aliphatic hydroxyl groups is 1. The Labute approximate surface area is 84.4 Å². The largest absolute Gasteiger partial charge is 0.399 e. The number of rotatable bonds is 4. The van der Waals surface area contributed by atoms with Crippen LogP contribution >= 0.6 is 0 Å². The first kappa shape index (κ1) is 10.8. The molecule has 0 saturated carbocycles. The van der Waals surface area contributed by atoms with Gasteiger partial charge < -0.3 is 15.7 Å². The third-order valence-electron chi connectivity index (χ3n) is 2.03. The molecule has 0 fully saturated rings. The molecule has 0 radical (unpaired) electrons. The van der Waals surface area contributed by atoms with Gasteiger partial charge in [0.15, 0.2) is 0 Å². The number of aliphatic hydroxyl groups excluding tert-OH is 1. The van der Waals surface area contributed by atoms with Crippen LogP contribution in [-0.2, 0) is 0 Å². The number of nitrogens with two attached hydrogens (primary N) is 1. The molecule has 0 aromatic carbocycles. The molecule has 4 heteroatoms. The minimum atomic E-state index is 0.120. The van der Waals surface area contributed by atoms with E-state index < -0.39 is 0 Å². The van der Waals surface area contributed by atoms with Gasteiger partial charge in [-0.2, -0.15) is 0 Å². The molecule has 4 nitrogen and oxygen atoms in total. The summed E-state index contributed by atoms with van der Waals surface area (Å²) in [6.07, 6.45) is 1.68. The number of anilines is 2. The molecular formula is C10H17N3O. The van der Waals surface area contributed by atoms with E-state index in [0.717, 1.165) is 5.82 Å². The zero-order valence-electron chi connectivity index (χ0n) is 8.64. The van der Waals surface area contributed by atoms with Crippen LogP contribution in [0.3, 0.4) is 0 Å². The number of nitrogens with zero attached hydrogens (tertiary/aromatic N) is 2. The molecule has 3 N–H and O–H groups in total. The van der Waals surface area contributed by atoms with Crippen LogP contribution in [0.5, 0.6) is 0 Å². The molecule has 1 heterocycles. The monoisotopic (exact) mass is 195 g/mol. The second kappa shape index (κ2) is 4.81. The summed E-state index contributed by atoms with van der Waals surface area (Å²) < 4.78 is 0. The van der Waals surface area contributed by atoms with Crippen LogP contribution in [0.15, 0.2) is 18.3 Å². The van der Waals surface area contributed by atoms with Gasteiger partial charge in [0.05, 0.1) is 6.61 Å². The van der Waals surface area contributed by atoms with Crippen LogP contribution in [0.2, 0.25) is 0 Å². The lowest BCUT2D eigenvalue weighted by molar-refractivity contribution is 0.298. The van der Waals surface area contributed by atoms with E-state index in [0.29, 0.717) is 18.3 Å². The van der Waals surface area contributed by atoms with Crippen molar-refractivity contribution in [3.63, 3.8) is 0 Å². The third-order valence-corrected chi connectivity index (χ3v) is 2.03.